The van der Waals surface area contributed by atoms with Crippen LogP contribution in [0.25, 0.3) is 0 Å². The van der Waals surface area contributed by atoms with Crippen LogP contribution in [0.3, 0.4) is 0 Å². The zero-order valence-electron chi connectivity index (χ0n) is 18.9. The summed E-state index contributed by atoms with van der Waals surface area (Å²) in [7, 11) is 0. The minimum Gasteiger partial charge on any atom is -0.494 e. The highest BCUT2D eigenvalue weighted by Gasteiger charge is 2.28. The molecule has 2 aromatic carbocycles. The van der Waals surface area contributed by atoms with Gasteiger partial charge in [0, 0.05) is 18.7 Å². The number of carbonyl (C=O) groups excluding carboxylic acids is 1. The summed E-state index contributed by atoms with van der Waals surface area (Å²) in [5, 5.41) is 0. The van der Waals surface area contributed by atoms with Gasteiger partial charge in [-0.2, -0.15) is 0 Å². The molecule has 0 bridgehead atoms. The largest absolute Gasteiger partial charge is 0.494 e. The lowest BCUT2D eigenvalue weighted by Crippen LogP contribution is -2.40. The molecule has 4 heteroatoms. The van der Waals surface area contributed by atoms with E-state index in [1.807, 2.05) is 30.0 Å². The third-order valence-corrected chi connectivity index (χ3v) is 6.89. The van der Waals surface area contributed by atoms with Gasteiger partial charge in [-0.25, -0.2) is 0 Å². The van der Waals surface area contributed by atoms with Gasteiger partial charge in [0.2, 0.25) is 0 Å². The van der Waals surface area contributed by atoms with Crippen LogP contribution in [0.5, 0.6) is 5.75 Å². The third kappa shape index (κ3) is 5.48. The number of carbonyl (C=O) groups is 1. The molecular formula is C27H35NO3. The van der Waals surface area contributed by atoms with E-state index in [0.717, 1.165) is 17.2 Å². The van der Waals surface area contributed by atoms with Crippen molar-refractivity contribution in [2.45, 2.75) is 51.4 Å². The van der Waals surface area contributed by atoms with Crippen LogP contribution in [0, 0.1) is 5.92 Å². The quantitative estimate of drug-likeness (QED) is 0.581. The monoisotopic (exact) mass is 421 g/mol. The van der Waals surface area contributed by atoms with Gasteiger partial charge in [-0.3, -0.25) is 4.79 Å². The first-order valence-corrected chi connectivity index (χ1v) is 11.8. The lowest BCUT2D eigenvalue weighted by molar-refractivity contribution is 0.0303. The van der Waals surface area contributed by atoms with Crippen molar-refractivity contribution in [3.8, 4) is 5.75 Å². The second kappa shape index (κ2) is 10.3. The molecule has 1 aliphatic heterocycles. The molecule has 1 heterocycles. The van der Waals surface area contributed by atoms with Crippen molar-refractivity contribution >= 4 is 5.91 Å². The van der Waals surface area contributed by atoms with Gasteiger partial charge in [-0.05, 0) is 85.8 Å². The fourth-order valence-electron chi connectivity index (χ4n) is 5.15. The van der Waals surface area contributed by atoms with E-state index < -0.39 is 0 Å². The van der Waals surface area contributed by atoms with E-state index in [4.69, 9.17) is 9.47 Å². The van der Waals surface area contributed by atoms with Gasteiger partial charge < -0.3 is 14.4 Å². The zero-order chi connectivity index (χ0) is 21.6. The van der Waals surface area contributed by atoms with Crippen LogP contribution in [-0.2, 0) is 4.74 Å². The molecule has 1 saturated heterocycles. The SMILES string of the molecule is CCOc1cccc([C@@H](C)CC2CC[C@H](c3ccc(C(=O)N4CCOCC4)cc3)C2)c1. The van der Waals surface area contributed by atoms with Crippen LogP contribution < -0.4 is 4.74 Å². The summed E-state index contributed by atoms with van der Waals surface area (Å²) >= 11 is 0. The van der Waals surface area contributed by atoms with Crippen LogP contribution in [0.15, 0.2) is 48.5 Å². The maximum Gasteiger partial charge on any atom is 0.254 e. The van der Waals surface area contributed by atoms with Gasteiger partial charge in [0.1, 0.15) is 5.75 Å². The molecule has 31 heavy (non-hydrogen) atoms. The smallest absolute Gasteiger partial charge is 0.254 e. The number of hydrogen-bond donors (Lipinski definition) is 0. The Hall–Kier alpha value is -2.33. The normalized spacial score (nSPS) is 22.3. The minimum absolute atomic E-state index is 0.127. The Morgan fingerprint density at radius 1 is 1.13 bits per heavy atom. The minimum atomic E-state index is 0.127. The summed E-state index contributed by atoms with van der Waals surface area (Å²) in [4.78, 5) is 14.6. The van der Waals surface area contributed by atoms with Gasteiger partial charge in [0.05, 0.1) is 19.8 Å². The van der Waals surface area contributed by atoms with E-state index in [1.165, 1.54) is 36.8 Å². The summed E-state index contributed by atoms with van der Waals surface area (Å²) in [5.74, 6) is 3.01. The van der Waals surface area contributed by atoms with Gasteiger partial charge in [-0.15, -0.1) is 0 Å². The van der Waals surface area contributed by atoms with E-state index in [9.17, 15) is 4.79 Å². The summed E-state index contributed by atoms with van der Waals surface area (Å²) < 4.78 is 11.0. The number of hydrogen-bond acceptors (Lipinski definition) is 3. The average Bonchev–Trinajstić information content (AvgIpc) is 3.28. The van der Waals surface area contributed by atoms with Crippen molar-refractivity contribution in [2.75, 3.05) is 32.9 Å². The molecule has 1 saturated carbocycles. The van der Waals surface area contributed by atoms with Crippen LogP contribution in [0.1, 0.15) is 72.9 Å². The van der Waals surface area contributed by atoms with Crippen molar-refractivity contribution < 1.29 is 14.3 Å². The maximum atomic E-state index is 12.7. The van der Waals surface area contributed by atoms with Crippen molar-refractivity contribution in [3.63, 3.8) is 0 Å². The second-order valence-corrected chi connectivity index (χ2v) is 9.04. The number of morpholine rings is 1. The zero-order valence-corrected chi connectivity index (χ0v) is 18.9. The molecule has 2 aliphatic rings. The summed E-state index contributed by atoms with van der Waals surface area (Å²) in [6.45, 7) is 7.74. The molecule has 1 amide bonds. The Bertz CT molecular complexity index is 857. The van der Waals surface area contributed by atoms with Crippen LogP contribution in [0.2, 0.25) is 0 Å². The summed E-state index contributed by atoms with van der Waals surface area (Å²) in [6.07, 6.45) is 4.99. The van der Waals surface area contributed by atoms with E-state index >= 15 is 0 Å². The van der Waals surface area contributed by atoms with E-state index in [-0.39, 0.29) is 5.91 Å². The second-order valence-electron chi connectivity index (χ2n) is 9.04. The molecule has 4 nitrogen and oxygen atoms in total. The lowest BCUT2D eigenvalue weighted by atomic mass is 9.88. The standard InChI is InChI=1S/C27H35NO3/c1-3-31-26-6-4-5-24(19-26)20(2)17-21-7-8-25(18-21)22-9-11-23(12-10-22)27(29)28-13-15-30-16-14-28/h4-6,9-12,19-21,25H,3,7-8,13-18H2,1-2H3/t20-,21?,25-/m0/s1. The fraction of sp³-hybridized carbons (Fsp3) is 0.519. The van der Waals surface area contributed by atoms with Gasteiger partial charge in [0.25, 0.3) is 5.91 Å². The highest BCUT2D eigenvalue weighted by atomic mass is 16.5. The summed E-state index contributed by atoms with van der Waals surface area (Å²) in [5.41, 5.74) is 3.55. The van der Waals surface area contributed by atoms with E-state index in [1.54, 1.807) is 0 Å². The Kier molecular flexibility index (Phi) is 7.29. The molecule has 1 unspecified atom stereocenters. The number of nitrogens with zero attached hydrogens (tertiary/aromatic N) is 1. The van der Waals surface area contributed by atoms with E-state index in [2.05, 4.69) is 37.3 Å². The predicted octanol–water partition coefficient (Wildman–Crippen LogP) is 5.64. The van der Waals surface area contributed by atoms with Crippen LogP contribution >= 0.6 is 0 Å². The highest BCUT2D eigenvalue weighted by Crippen LogP contribution is 2.42. The van der Waals surface area contributed by atoms with Crippen LogP contribution in [0.4, 0.5) is 0 Å². The topological polar surface area (TPSA) is 38.8 Å². The van der Waals surface area contributed by atoms with Gasteiger partial charge in [-0.1, -0.05) is 31.2 Å². The number of amides is 1. The Morgan fingerprint density at radius 3 is 2.65 bits per heavy atom. The number of rotatable bonds is 7. The molecule has 2 fully saturated rings. The van der Waals surface area contributed by atoms with Gasteiger partial charge in [0.15, 0.2) is 0 Å². The Morgan fingerprint density at radius 2 is 1.90 bits per heavy atom. The number of benzene rings is 2. The first kappa shape index (κ1) is 21.9. The molecule has 0 spiro atoms. The third-order valence-electron chi connectivity index (χ3n) is 6.89. The van der Waals surface area contributed by atoms with Crippen molar-refractivity contribution in [3.05, 3.63) is 65.2 Å². The van der Waals surface area contributed by atoms with Crippen molar-refractivity contribution in [2.24, 2.45) is 5.92 Å². The molecular weight excluding hydrogens is 386 g/mol. The Balaban J connectivity index is 1.32. The summed E-state index contributed by atoms with van der Waals surface area (Å²) in [6, 6.07) is 17.0. The molecule has 3 atom stereocenters. The van der Waals surface area contributed by atoms with Crippen molar-refractivity contribution in [1.82, 2.24) is 4.90 Å². The molecule has 166 valence electrons. The first-order valence-electron chi connectivity index (χ1n) is 11.8. The molecule has 1 aliphatic carbocycles. The molecule has 0 aromatic heterocycles. The lowest BCUT2D eigenvalue weighted by Gasteiger charge is -2.27. The predicted molar refractivity (Wildman–Crippen MR) is 124 cm³/mol. The molecule has 0 N–H and O–H groups in total. The first-order chi connectivity index (χ1) is 15.1. The molecule has 0 radical (unpaired) electrons. The molecule has 2 aromatic rings. The maximum absolute atomic E-state index is 12.7. The highest BCUT2D eigenvalue weighted by molar-refractivity contribution is 5.94. The van der Waals surface area contributed by atoms with Crippen LogP contribution in [-0.4, -0.2) is 43.7 Å². The Labute approximate surface area is 186 Å². The fourth-order valence-corrected chi connectivity index (χ4v) is 5.15. The van der Waals surface area contributed by atoms with Gasteiger partial charge >= 0.3 is 0 Å². The average molecular weight is 422 g/mol. The molecule has 4 rings (SSSR count). The van der Waals surface area contributed by atoms with Crippen molar-refractivity contribution in [1.29, 1.82) is 0 Å². The number of ether oxygens (including phenoxy) is 2. The van der Waals surface area contributed by atoms with E-state index in [0.29, 0.717) is 44.7 Å².